The molecule has 0 spiro atoms. The Morgan fingerprint density at radius 3 is 2.60 bits per heavy atom. The molecule has 80 valence electrons. The van der Waals surface area contributed by atoms with Gasteiger partial charge in [-0.25, -0.2) is 9.97 Å². The molecule has 2 heterocycles. The number of hydrogen-bond donors (Lipinski definition) is 0. The van der Waals surface area contributed by atoms with Crippen molar-refractivity contribution in [3.63, 3.8) is 0 Å². The van der Waals surface area contributed by atoms with E-state index in [4.69, 9.17) is 0 Å². The van der Waals surface area contributed by atoms with E-state index in [0.29, 0.717) is 0 Å². The number of hydrazone groups is 1. The molecule has 0 N–H and O–H groups in total. The van der Waals surface area contributed by atoms with Gasteiger partial charge in [0.2, 0.25) is 0 Å². The molecule has 0 aromatic carbocycles. The zero-order valence-electron chi connectivity index (χ0n) is 9.47. The Morgan fingerprint density at radius 1 is 1.33 bits per heavy atom. The number of rotatable bonds is 1. The molecule has 1 aliphatic rings. The van der Waals surface area contributed by atoms with Crippen molar-refractivity contribution in [2.75, 3.05) is 11.9 Å². The number of aromatic nitrogens is 2. The van der Waals surface area contributed by atoms with E-state index in [2.05, 4.69) is 26.9 Å². The first-order chi connectivity index (χ1) is 7.11. The van der Waals surface area contributed by atoms with E-state index in [1.165, 1.54) is 0 Å². The highest BCUT2D eigenvalue weighted by molar-refractivity contribution is 5.97. The lowest BCUT2D eigenvalue weighted by molar-refractivity contribution is 0.303. The molecule has 5 heteroatoms. The van der Waals surface area contributed by atoms with E-state index in [1.54, 1.807) is 6.33 Å². The summed E-state index contributed by atoms with van der Waals surface area (Å²) in [6.07, 6.45) is 3.61. The van der Waals surface area contributed by atoms with Crippen LogP contribution in [0, 0.1) is 6.92 Å². The maximum Gasteiger partial charge on any atom is 0.128 e. The van der Waals surface area contributed by atoms with E-state index in [9.17, 15) is 0 Å². The summed E-state index contributed by atoms with van der Waals surface area (Å²) in [6.45, 7) is 6.08. The lowest BCUT2D eigenvalue weighted by Crippen LogP contribution is -2.38. The van der Waals surface area contributed by atoms with Crippen molar-refractivity contribution >= 4 is 11.5 Å². The van der Waals surface area contributed by atoms with Crippen LogP contribution in [0.25, 0.3) is 0 Å². The van der Waals surface area contributed by atoms with Crippen LogP contribution in [0.5, 0.6) is 0 Å². The van der Waals surface area contributed by atoms with Gasteiger partial charge in [0.25, 0.3) is 0 Å². The van der Waals surface area contributed by atoms with Gasteiger partial charge in [-0.05, 0) is 20.8 Å². The summed E-state index contributed by atoms with van der Waals surface area (Å²) in [5, 5.41) is 6.32. The number of hydrogen-bond acceptors (Lipinski definition) is 5. The summed E-state index contributed by atoms with van der Waals surface area (Å²) in [5.41, 5.74) is 2.00. The van der Waals surface area contributed by atoms with Crippen molar-refractivity contribution in [1.82, 2.24) is 15.0 Å². The average Bonchev–Trinajstić information content (AvgIpc) is 2.43. The van der Waals surface area contributed by atoms with Crippen molar-refractivity contribution in [3.05, 3.63) is 18.2 Å². The molecule has 0 saturated heterocycles. The van der Waals surface area contributed by atoms with Crippen LogP contribution < -0.4 is 4.90 Å². The van der Waals surface area contributed by atoms with E-state index < -0.39 is 0 Å². The Hall–Kier alpha value is -1.65. The van der Waals surface area contributed by atoms with E-state index in [0.717, 1.165) is 17.2 Å². The van der Waals surface area contributed by atoms with Gasteiger partial charge in [0.1, 0.15) is 18.3 Å². The van der Waals surface area contributed by atoms with Crippen LogP contribution in [0.15, 0.2) is 17.6 Å². The predicted octanol–water partition coefficient (Wildman–Crippen LogP) is 1.22. The topological polar surface area (TPSA) is 44.6 Å². The second-order valence-corrected chi connectivity index (χ2v) is 3.72. The first kappa shape index (κ1) is 9.89. The SMILES string of the molecule is CC1=NN(C)C(C)N1c1cncnc1C. The van der Waals surface area contributed by atoms with Gasteiger partial charge in [-0.3, -0.25) is 5.01 Å². The Morgan fingerprint density at radius 2 is 2.07 bits per heavy atom. The van der Waals surface area contributed by atoms with Crippen LogP contribution in [0.4, 0.5) is 5.69 Å². The van der Waals surface area contributed by atoms with Crippen LogP contribution >= 0.6 is 0 Å². The minimum atomic E-state index is 0.217. The highest BCUT2D eigenvalue weighted by Crippen LogP contribution is 2.24. The summed E-state index contributed by atoms with van der Waals surface area (Å²) < 4.78 is 0. The van der Waals surface area contributed by atoms with Crippen LogP contribution in [-0.4, -0.2) is 34.0 Å². The fraction of sp³-hybridized carbons (Fsp3) is 0.500. The van der Waals surface area contributed by atoms with Gasteiger partial charge >= 0.3 is 0 Å². The molecule has 1 aromatic heterocycles. The van der Waals surface area contributed by atoms with Crippen LogP contribution in [0.2, 0.25) is 0 Å². The minimum absolute atomic E-state index is 0.217. The second-order valence-electron chi connectivity index (χ2n) is 3.72. The summed E-state index contributed by atoms with van der Waals surface area (Å²) >= 11 is 0. The van der Waals surface area contributed by atoms with Gasteiger partial charge in [0.15, 0.2) is 0 Å². The first-order valence-electron chi connectivity index (χ1n) is 4.95. The maximum absolute atomic E-state index is 4.39. The molecule has 1 aromatic rings. The molecule has 0 fully saturated rings. The smallest absolute Gasteiger partial charge is 0.128 e. The first-order valence-corrected chi connectivity index (χ1v) is 4.95. The van der Waals surface area contributed by atoms with Crippen molar-refractivity contribution in [2.24, 2.45) is 5.10 Å². The Kier molecular flexibility index (Phi) is 2.30. The molecule has 1 atom stereocenters. The summed E-state index contributed by atoms with van der Waals surface area (Å²) in [7, 11) is 1.97. The zero-order chi connectivity index (χ0) is 11.0. The van der Waals surface area contributed by atoms with Gasteiger partial charge in [0, 0.05) is 7.05 Å². The molecule has 0 radical (unpaired) electrons. The molecule has 2 rings (SSSR count). The fourth-order valence-corrected chi connectivity index (χ4v) is 1.79. The van der Waals surface area contributed by atoms with Gasteiger partial charge < -0.3 is 4.90 Å². The molecule has 0 bridgehead atoms. The third kappa shape index (κ3) is 1.54. The Balaban J connectivity index is 2.40. The van der Waals surface area contributed by atoms with Crippen molar-refractivity contribution in [2.45, 2.75) is 26.9 Å². The number of aryl methyl sites for hydroxylation is 1. The quantitative estimate of drug-likeness (QED) is 0.691. The molecule has 0 amide bonds. The lowest BCUT2D eigenvalue weighted by Gasteiger charge is -2.26. The molecule has 15 heavy (non-hydrogen) atoms. The number of nitrogens with zero attached hydrogens (tertiary/aromatic N) is 5. The van der Waals surface area contributed by atoms with Crippen molar-refractivity contribution in [1.29, 1.82) is 0 Å². The molecule has 0 saturated carbocycles. The van der Waals surface area contributed by atoms with Crippen molar-refractivity contribution < 1.29 is 0 Å². The summed E-state index contributed by atoms with van der Waals surface area (Å²) in [6, 6.07) is 0. The average molecular weight is 205 g/mol. The highest BCUT2D eigenvalue weighted by Gasteiger charge is 2.28. The molecule has 1 unspecified atom stereocenters. The van der Waals surface area contributed by atoms with Gasteiger partial charge in [0.05, 0.1) is 17.6 Å². The Labute approximate surface area is 89.4 Å². The number of amidine groups is 1. The van der Waals surface area contributed by atoms with E-state index in [-0.39, 0.29) is 6.17 Å². The molecule has 5 nitrogen and oxygen atoms in total. The number of anilines is 1. The molecule has 0 aliphatic carbocycles. The molecule has 1 aliphatic heterocycles. The van der Waals surface area contributed by atoms with E-state index in [1.807, 2.05) is 32.1 Å². The standard InChI is InChI=1S/C10H15N5/c1-7-10(5-11-6-12-7)15-8(2)13-14(4)9(15)3/h5-6,9H,1-4H3. The summed E-state index contributed by atoms with van der Waals surface area (Å²) in [4.78, 5) is 10.4. The lowest BCUT2D eigenvalue weighted by atomic mass is 10.3. The van der Waals surface area contributed by atoms with Crippen LogP contribution in [0.3, 0.4) is 0 Å². The summed E-state index contributed by atoms with van der Waals surface area (Å²) in [5.74, 6) is 0.975. The van der Waals surface area contributed by atoms with Crippen molar-refractivity contribution in [3.8, 4) is 0 Å². The monoisotopic (exact) mass is 205 g/mol. The van der Waals surface area contributed by atoms with Crippen LogP contribution in [0.1, 0.15) is 19.5 Å². The third-order valence-electron chi connectivity index (χ3n) is 2.71. The van der Waals surface area contributed by atoms with Gasteiger partial charge in [-0.15, -0.1) is 0 Å². The highest BCUT2D eigenvalue weighted by atomic mass is 15.6. The fourth-order valence-electron chi connectivity index (χ4n) is 1.79. The third-order valence-corrected chi connectivity index (χ3v) is 2.71. The minimum Gasteiger partial charge on any atom is -0.303 e. The molecular weight excluding hydrogens is 190 g/mol. The largest absolute Gasteiger partial charge is 0.303 e. The normalized spacial score (nSPS) is 20.8. The van der Waals surface area contributed by atoms with Gasteiger partial charge in [-0.2, -0.15) is 5.10 Å². The van der Waals surface area contributed by atoms with Crippen LogP contribution in [-0.2, 0) is 0 Å². The zero-order valence-corrected chi connectivity index (χ0v) is 9.47. The maximum atomic E-state index is 4.39. The predicted molar refractivity (Wildman–Crippen MR) is 59.6 cm³/mol. The second kappa shape index (κ2) is 3.49. The van der Waals surface area contributed by atoms with Gasteiger partial charge in [-0.1, -0.05) is 0 Å². The molecular formula is C10H15N5. The van der Waals surface area contributed by atoms with E-state index >= 15 is 0 Å². The Bertz CT molecular complexity index is 401.